The third-order valence-electron chi connectivity index (χ3n) is 1.46. The number of nitrogens with zero attached hydrogens (tertiary/aromatic N) is 1. The van der Waals surface area contributed by atoms with Crippen LogP contribution in [0.5, 0.6) is 0 Å². The van der Waals surface area contributed by atoms with Crippen LogP contribution >= 0.6 is 16.1 Å². The Kier molecular flexibility index (Phi) is 5.93. The molecule has 0 heterocycles. The zero-order chi connectivity index (χ0) is 10.8. The molecule has 1 rings (SSSR count). The summed E-state index contributed by atoms with van der Waals surface area (Å²) in [6.07, 6.45) is 0. The summed E-state index contributed by atoms with van der Waals surface area (Å²) in [5, 5.41) is 10.3. The molecule has 6 nitrogen and oxygen atoms in total. The van der Waals surface area contributed by atoms with Crippen LogP contribution in [0.25, 0.3) is 0 Å². The SMILES string of the molecule is O=[N+]([O-])c1ccc(S(=O)(=O)NBr)cc1.[H-].[Na+]. The molecule has 0 saturated heterocycles. The second-order valence-electron chi connectivity index (χ2n) is 2.33. The van der Waals surface area contributed by atoms with Crippen molar-refractivity contribution in [3.05, 3.63) is 34.4 Å². The summed E-state index contributed by atoms with van der Waals surface area (Å²) >= 11 is 2.58. The summed E-state index contributed by atoms with van der Waals surface area (Å²) in [6.45, 7) is 0. The van der Waals surface area contributed by atoms with E-state index in [0.29, 0.717) is 0 Å². The average Bonchev–Trinajstić information content (AvgIpc) is 2.18. The van der Waals surface area contributed by atoms with Crippen LogP contribution in [-0.4, -0.2) is 13.3 Å². The van der Waals surface area contributed by atoms with Gasteiger partial charge in [-0.2, -0.15) is 0 Å². The van der Waals surface area contributed by atoms with E-state index < -0.39 is 14.9 Å². The monoisotopic (exact) mass is 304 g/mol. The van der Waals surface area contributed by atoms with E-state index in [-0.39, 0.29) is 41.6 Å². The number of nitrogens with one attached hydrogen (secondary N) is 1. The Morgan fingerprint density at radius 2 is 1.80 bits per heavy atom. The molecule has 1 N–H and O–H groups in total. The second-order valence-corrected chi connectivity index (χ2v) is 4.94. The van der Waals surface area contributed by atoms with Gasteiger partial charge in [0.2, 0.25) is 10.0 Å². The summed E-state index contributed by atoms with van der Waals surface area (Å²) in [5.74, 6) is 0. The maximum atomic E-state index is 11.2. The van der Waals surface area contributed by atoms with Crippen LogP contribution in [0.1, 0.15) is 1.43 Å². The minimum Gasteiger partial charge on any atom is -1.00 e. The van der Waals surface area contributed by atoms with E-state index in [4.69, 9.17) is 0 Å². The zero-order valence-corrected chi connectivity index (χ0v) is 12.1. The molecule has 15 heavy (non-hydrogen) atoms. The normalized spacial score (nSPS) is 10.5. The molecule has 0 aliphatic rings. The molecule has 0 saturated carbocycles. The van der Waals surface area contributed by atoms with Gasteiger partial charge in [-0.25, -0.2) is 8.42 Å². The smallest absolute Gasteiger partial charge is 1.00 e. The Bertz CT molecular complexity index is 452. The predicted octanol–water partition coefficient (Wildman–Crippen LogP) is -1.70. The van der Waals surface area contributed by atoms with E-state index in [2.05, 4.69) is 16.1 Å². The van der Waals surface area contributed by atoms with Crippen molar-refractivity contribution in [1.82, 2.24) is 3.75 Å². The van der Waals surface area contributed by atoms with E-state index in [1.807, 2.05) is 3.75 Å². The number of benzene rings is 1. The zero-order valence-electron chi connectivity index (χ0n) is 8.68. The first-order chi connectivity index (χ1) is 6.47. The van der Waals surface area contributed by atoms with E-state index in [1.54, 1.807) is 0 Å². The Morgan fingerprint density at radius 3 is 2.13 bits per heavy atom. The first-order valence-corrected chi connectivity index (χ1v) is 5.62. The van der Waals surface area contributed by atoms with Crippen molar-refractivity contribution >= 4 is 31.9 Å². The van der Waals surface area contributed by atoms with Crippen molar-refractivity contribution < 1.29 is 44.3 Å². The van der Waals surface area contributed by atoms with Gasteiger partial charge in [-0.1, -0.05) is 0 Å². The molecule has 0 bridgehead atoms. The Balaban J connectivity index is 0. The number of non-ortho nitro benzene ring substituents is 1. The Labute approximate surface area is 118 Å². The summed E-state index contributed by atoms with van der Waals surface area (Å²) in [4.78, 5) is 9.62. The largest absolute Gasteiger partial charge is 1.00 e. The molecule has 0 aromatic heterocycles. The third-order valence-corrected chi connectivity index (χ3v) is 3.83. The van der Waals surface area contributed by atoms with Gasteiger partial charge in [0.25, 0.3) is 5.69 Å². The topological polar surface area (TPSA) is 89.3 Å². The van der Waals surface area contributed by atoms with Crippen LogP contribution in [-0.2, 0) is 10.0 Å². The van der Waals surface area contributed by atoms with Crippen LogP contribution < -0.4 is 33.3 Å². The summed E-state index contributed by atoms with van der Waals surface area (Å²) in [7, 11) is -3.60. The van der Waals surface area contributed by atoms with Gasteiger partial charge >= 0.3 is 29.6 Å². The van der Waals surface area contributed by atoms with Crippen molar-refractivity contribution in [2.24, 2.45) is 0 Å². The van der Waals surface area contributed by atoms with Crippen molar-refractivity contribution in [2.75, 3.05) is 0 Å². The fourth-order valence-electron chi connectivity index (χ4n) is 0.792. The molecule has 78 valence electrons. The quantitative estimate of drug-likeness (QED) is 0.312. The maximum absolute atomic E-state index is 11.2. The van der Waals surface area contributed by atoms with Crippen LogP contribution in [0.3, 0.4) is 0 Å². The Morgan fingerprint density at radius 1 is 1.33 bits per heavy atom. The second kappa shape index (κ2) is 5.92. The van der Waals surface area contributed by atoms with Gasteiger partial charge < -0.3 is 1.43 Å². The van der Waals surface area contributed by atoms with Crippen molar-refractivity contribution in [1.29, 1.82) is 0 Å². The number of nitro groups is 1. The summed E-state index contributed by atoms with van der Waals surface area (Å²) < 4.78 is 24.2. The number of nitro benzene ring substituents is 1. The minimum atomic E-state index is -3.60. The molecule has 1 aromatic carbocycles. The van der Waals surface area contributed by atoms with Gasteiger partial charge in [0.1, 0.15) is 0 Å². The first kappa shape index (κ1) is 15.0. The fourth-order valence-corrected chi connectivity index (χ4v) is 1.94. The van der Waals surface area contributed by atoms with Gasteiger partial charge in [0, 0.05) is 28.3 Å². The molecule has 0 atom stereocenters. The molecule has 0 amide bonds. The maximum Gasteiger partial charge on any atom is 1.00 e. The van der Waals surface area contributed by atoms with Crippen molar-refractivity contribution in [3.8, 4) is 0 Å². The minimum absolute atomic E-state index is 0. The first-order valence-electron chi connectivity index (χ1n) is 3.34. The molecule has 1 aromatic rings. The molecule has 0 unspecified atom stereocenters. The van der Waals surface area contributed by atoms with Gasteiger partial charge in [0.05, 0.1) is 9.82 Å². The summed E-state index contributed by atoms with van der Waals surface area (Å²) in [6, 6.07) is 4.55. The van der Waals surface area contributed by atoms with E-state index >= 15 is 0 Å². The Hall–Kier alpha value is 0.01000. The number of hydrogen-bond acceptors (Lipinski definition) is 4. The van der Waals surface area contributed by atoms with Crippen LogP contribution in [0, 0.1) is 10.1 Å². The van der Waals surface area contributed by atoms with Crippen LogP contribution in [0.4, 0.5) is 5.69 Å². The van der Waals surface area contributed by atoms with Gasteiger partial charge in [-0.3, -0.25) is 10.1 Å². The number of halogens is 1. The van der Waals surface area contributed by atoms with Crippen molar-refractivity contribution in [3.63, 3.8) is 0 Å². The number of hydrogen-bond donors (Lipinski definition) is 1. The fraction of sp³-hybridized carbons (Fsp3) is 0. The molecule has 0 fully saturated rings. The number of rotatable bonds is 3. The molecule has 0 aliphatic carbocycles. The predicted molar refractivity (Wildman–Crippen MR) is 53.5 cm³/mol. The third kappa shape index (κ3) is 3.82. The van der Waals surface area contributed by atoms with Crippen molar-refractivity contribution in [2.45, 2.75) is 4.90 Å². The number of sulfonamides is 1. The van der Waals surface area contributed by atoms with Crippen LogP contribution in [0.2, 0.25) is 0 Å². The van der Waals surface area contributed by atoms with E-state index in [9.17, 15) is 18.5 Å². The van der Waals surface area contributed by atoms with Crippen LogP contribution in [0.15, 0.2) is 29.2 Å². The molecular formula is C6H6BrN2NaO4S. The van der Waals surface area contributed by atoms with Gasteiger partial charge in [-0.05, 0) is 12.1 Å². The summed E-state index contributed by atoms with van der Waals surface area (Å²) in [5.41, 5.74) is -0.154. The van der Waals surface area contributed by atoms with Gasteiger partial charge in [0.15, 0.2) is 0 Å². The molecule has 0 radical (unpaired) electrons. The van der Waals surface area contributed by atoms with Gasteiger partial charge in [-0.15, -0.1) is 3.75 Å². The van der Waals surface area contributed by atoms with E-state index in [1.165, 1.54) is 0 Å². The molecule has 0 spiro atoms. The molecule has 0 aliphatic heterocycles. The standard InChI is InChI=1S/C6H5BrN2O4S.Na.H/c7-8-14(12,13)6-3-1-5(2-4-6)9(10)11;;/h1-4,8H;;/q;+1;-1. The molecule has 9 heteroatoms. The average molecular weight is 305 g/mol. The van der Waals surface area contributed by atoms with E-state index in [0.717, 1.165) is 24.3 Å². The molecular weight excluding hydrogens is 299 g/mol.